The number of ether oxygens (including phenoxy) is 2. The topological polar surface area (TPSA) is 83.5 Å². The van der Waals surface area contributed by atoms with E-state index < -0.39 is 5.60 Å². The van der Waals surface area contributed by atoms with E-state index in [0.29, 0.717) is 26.2 Å². The second kappa shape index (κ2) is 12.2. The lowest BCUT2D eigenvalue weighted by atomic mass is 9.98. The number of likely N-dealkylation sites (N-methyl/N-ethyl adjacent to an activating group) is 1. The maximum absolute atomic E-state index is 12.0. The zero-order chi connectivity index (χ0) is 19.7. The Kier molecular flexibility index (Phi) is 11.7. The van der Waals surface area contributed by atoms with Crippen molar-refractivity contribution in [1.82, 2.24) is 15.1 Å². The average Bonchev–Trinajstić information content (AvgIpc) is 2.57. The molecule has 1 aliphatic heterocycles. The lowest BCUT2D eigenvalue weighted by Gasteiger charge is -2.34. The summed E-state index contributed by atoms with van der Waals surface area (Å²) in [7, 11) is 3.42. The second-order valence-corrected chi connectivity index (χ2v) is 7.41. The number of rotatable bonds is 5. The van der Waals surface area contributed by atoms with E-state index in [9.17, 15) is 9.59 Å². The summed E-state index contributed by atoms with van der Waals surface area (Å²) in [6.07, 6.45) is 1.41. The van der Waals surface area contributed by atoms with Gasteiger partial charge in [-0.3, -0.25) is 9.79 Å². The number of amides is 1. The molecule has 0 aromatic rings. The van der Waals surface area contributed by atoms with Gasteiger partial charge in [0.15, 0.2) is 5.96 Å². The molecule has 0 saturated carbocycles. The zero-order valence-corrected chi connectivity index (χ0v) is 19.7. The fourth-order valence-electron chi connectivity index (χ4n) is 2.72. The molecule has 0 aromatic carbocycles. The number of hydrogen-bond donors (Lipinski definition) is 1. The summed E-state index contributed by atoms with van der Waals surface area (Å²) >= 11 is 0. The minimum atomic E-state index is -0.509. The number of nitrogens with zero attached hydrogens (tertiary/aromatic N) is 3. The minimum Gasteiger partial charge on any atom is -0.466 e. The van der Waals surface area contributed by atoms with Crippen molar-refractivity contribution in [2.45, 2.75) is 46.1 Å². The molecule has 0 radical (unpaired) electrons. The SMILES string of the molecule is CCOC(=O)C1CCCN(C(=NC)NCCN(C)C(=O)OC(C)(C)C)C1.I. The first-order valence-electron chi connectivity index (χ1n) is 9.24. The molecular formula is C18H35IN4O4. The van der Waals surface area contributed by atoms with E-state index in [1.807, 2.05) is 27.7 Å². The van der Waals surface area contributed by atoms with Crippen molar-refractivity contribution in [2.75, 3.05) is 46.9 Å². The molecule has 0 spiro atoms. The van der Waals surface area contributed by atoms with Gasteiger partial charge in [-0.05, 0) is 40.5 Å². The number of esters is 1. The highest BCUT2D eigenvalue weighted by Crippen LogP contribution is 2.18. The van der Waals surface area contributed by atoms with Gasteiger partial charge < -0.3 is 24.6 Å². The average molecular weight is 498 g/mol. The highest BCUT2D eigenvalue weighted by molar-refractivity contribution is 14.0. The van der Waals surface area contributed by atoms with Crippen LogP contribution >= 0.6 is 24.0 Å². The number of carbonyl (C=O) groups excluding carboxylic acids is 2. The van der Waals surface area contributed by atoms with Crippen LogP contribution in [0.25, 0.3) is 0 Å². The van der Waals surface area contributed by atoms with Gasteiger partial charge in [-0.1, -0.05) is 0 Å². The van der Waals surface area contributed by atoms with Crippen molar-refractivity contribution in [3.05, 3.63) is 0 Å². The summed E-state index contributed by atoms with van der Waals surface area (Å²) in [5.74, 6) is 0.473. The second-order valence-electron chi connectivity index (χ2n) is 7.41. The molecule has 1 unspecified atom stereocenters. The van der Waals surface area contributed by atoms with Crippen LogP contribution in [0.15, 0.2) is 4.99 Å². The monoisotopic (exact) mass is 498 g/mol. The molecule has 1 amide bonds. The number of piperidine rings is 1. The van der Waals surface area contributed by atoms with E-state index in [0.717, 1.165) is 25.3 Å². The third-order valence-corrected chi connectivity index (χ3v) is 3.99. The molecule has 1 N–H and O–H groups in total. The van der Waals surface area contributed by atoms with Gasteiger partial charge in [0.2, 0.25) is 0 Å². The standard InChI is InChI=1S/C18H34N4O4.HI/c1-7-25-15(23)14-9-8-11-22(13-14)16(19-5)20-10-12-21(6)17(24)26-18(2,3)4;/h14H,7-13H2,1-6H3,(H,19,20);1H. The molecule has 158 valence electrons. The van der Waals surface area contributed by atoms with Gasteiger partial charge in [0.25, 0.3) is 0 Å². The Balaban J connectivity index is 0.00000676. The highest BCUT2D eigenvalue weighted by atomic mass is 127. The molecule has 0 aromatic heterocycles. The summed E-state index contributed by atoms with van der Waals surface area (Å²) in [5.41, 5.74) is -0.509. The maximum atomic E-state index is 12.0. The number of nitrogens with one attached hydrogen (secondary N) is 1. The van der Waals surface area contributed by atoms with E-state index in [2.05, 4.69) is 15.2 Å². The third-order valence-electron chi connectivity index (χ3n) is 3.99. The van der Waals surface area contributed by atoms with Gasteiger partial charge in [-0.25, -0.2) is 4.79 Å². The number of aliphatic imine (C=N–C) groups is 1. The minimum absolute atomic E-state index is 0. The van der Waals surface area contributed by atoms with Crippen LogP contribution in [0.3, 0.4) is 0 Å². The lowest BCUT2D eigenvalue weighted by Crippen LogP contribution is -2.49. The summed E-state index contributed by atoms with van der Waals surface area (Å²) in [6, 6.07) is 0. The van der Waals surface area contributed by atoms with Gasteiger partial charge in [-0.2, -0.15) is 0 Å². The first kappa shape index (κ1) is 25.7. The van der Waals surface area contributed by atoms with Gasteiger partial charge in [0, 0.05) is 40.3 Å². The van der Waals surface area contributed by atoms with Crippen LogP contribution in [-0.2, 0) is 14.3 Å². The molecule has 0 bridgehead atoms. The van der Waals surface area contributed by atoms with Gasteiger partial charge in [-0.15, -0.1) is 24.0 Å². The van der Waals surface area contributed by atoms with Crippen LogP contribution < -0.4 is 5.32 Å². The Morgan fingerprint density at radius 2 is 2.00 bits per heavy atom. The molecule has 27 heavy (non-hydrogen) atoms. The van der Waals surface area contributed by atoms with Crippen LogP contribution in [0.1, 0.15) is 40.5 Å². The highest BCUT2D eigenvalue weighted by Gasteiger charge is 2.28. The van der Waals surface area contributed by atoms with Crippen LogP contribution in [-0.4, -0.2) is 80.3 Å². The Hall–Kier alpha value is -1.26. The Morgan fingerprint density at radius 3 is 2.56 bits per heavy atom. The summed E-state index contributed by atoms with van der Waals surface area (Å²) in [4.78, 5) is 31.8. The quantitative estimate of drug-likeness (QED) is 0.271. The summed E-state index contributed by atoms with van der Waals surface area (Å²) in [5, 5.41) is 3.25. The van der Waals surface area contributed by atoms with E-state index in [4.69, 9.17) is 9.47 Å². The van der Waals surface area contributed by atoms with Crippen LogP contribution in [0.5, 0.6) is 0 Å². The molecule has 8 nitrogen and oxygen atoms in total. The number of carbonyl (C=O) groups is 2. The fraction of sp³-hybridized carbons (Fsp3) is 0.833. The maximum Gasteiger partial charge on any atom is 0.410 e. The van der Waals surface area contributed by atoms with E-state index >= 15 is 0 Å². The van der Waals surface area contributed by atoms with Crippen molar-refractivity contribution in [1.29, 1.82) is 0 Å². The van der Waals surface area contributed by atoms with Crippen molar-refractivity contribution in [3.8, 4) is 0 Å². The number of guanidine groups is 1. The third kappa shape index (κ3) is 9.48. The summed E-state index contributed by atoms with van der Waals surface area (Å²) in [6.45, 7) is 10.2. The fourth-order valence-corrected chi connectivity index (χ4v) is 2.72. The Morgan fingerprint density at radius 1 is 1.33 bits per heavy atom. The van der Waals surface area contributed by atoms with E-state index in [1.54, 1.807) is 14.1 Å². The number of hydrogen-bond acceptors (Lipinski definition) is 5. The molecule has 0 aliphatic carbocycles. The van der Waals surface area contributed by atoms with Crippen LogP contribution in [0.2, 0.25) is 0 Å². The molecule has 1 aliphatic rings. The molecule has 9 heteroatoms. The summed E-state index contributed by atoms with van der Waals surface area (Å²) < 4.78 is 10.5. The first-order chi connectivity index (χ1) is 12.2. The predicted molar refractivity (Wildman–Crippen MR) is 117 cm³/mol. The van der Waals surface area contributed by atoms with Crippen LogP contribution in [0, 0.1) is 5.92 Å². The van der Waals surface area contributed by atoms with Gasteiger partial charge in [0.05, 0.1) is 12.5 Å². The molecule has 1 atom stereocenters. The molecule has 1 heterocycles. The Labute approximate surface area is 180 Å². The van der Waals surface area contributed by atoms with Crippen molar-refractivity contribution in [3.63, 3.8) is 0 Å². The smallest absolute Gasteiger partial charge is 0.410 e. The predicted octanol–water partition coefficient (Wildman–Crippen LogP) is 2.32. The Bertz CT molecular complexity index is 508. The normalized spacial score (nSPS) is 17.6. The van der Waals surface area contributed by atoms with E-state index in [1.165, 1.54) is 4.90 Å². The number of likely N-dealkylation sites (tertiary alicyclic amines) is 1. The molecular weight excluding hydrogens is 463 g/mol. The van der Waals surface area contributed by atoms with E-state index in [-0.39, 0.29) is 42.0 Å². The zero-order valence-electron chi connectivity index (χ0n) is 17.4. The largest absolute Gasteiger partial charge is 0.466 e. The van der Waals surface area contributed by atoms with Crippen LogP contribution in [0.4, 0.5) is 4.79 Å². The first-order valence-corrected chi connectivity index (χ1v) is 9.24. The number of halogens is 1. The van der Waals surface area contributed by atoms with Crippen molar-refractivity contribution >= 4 is 42.0 Å². The lowest BCUT2D eigenvalue weighted by molar-refractivity contribution is -0.149. The van der Waals surface area contributed by atoms with Gasteiger partial charge in [0.1, 0.15) is 5.60 Å². The van der Waals surface area contributed by atoms with Gasteiger partial charge >= 0.3 is 12.1 Å². The molecule has 1 saturated heterocycles. The van der Waals surface area contributed by atoms with Crippen molar-refractivity contribution < 1.29 is 19.1 Å². The molecule has 1 fully saturated rings. The molecule has 1 rings (SSSR count). The van der Waals surface area contributed by atoms with Crippen molar-refractivity contribution in [2.24, 2.45) is 10.9 Å².